The van der Waals surface area contributed by atoms with Crippen molar-refractivity contribution in [2.45, 2.75) is 5.41 Å². The third-order valence-electron chi connectivity index (χ3n) is 19.7. The Bertz CT molecular complexity index is 5630. The number of rotatable bonds is 11. The largest absolute Gasteiger partial charge is 0.309 e. The minimum atomic E-state index is -0.412. The van der Waals surface area contributed by atoms with Crippen LogP contribution in [0.3, 0.4) is 0 Å². The van der Waals surface area contributed by atoms with Gasteiger partial charge in [-0.25, -0.2) is 0 Å². The Labute approximate surface area is 541 Å². The minimum absolute atomic E-state index is 0.412. The fourth-order valence-electron chi connectivity index (χ4n) is 15.3. The second-order valence-corrected chi connectivity index (χ2v) is 24.7. The molecule has 2 heterocycles. The zero-order valence-electron chi connectivity index (χ0n) is 51.0. The van der Waals surface area contributed by atoms with Crippen LogP contribution in [0.1, 0.15) is 22.3 Å². The molecule has 0 saturated heterocycles. The van der Waals surface area contributed by atoms with Gasteiger partial charge >= 0.3 is 0 Å². The number of hydrogen-bond donors (Lipinski definition) is 0. The molecule has 17 aromatic rings. The molecule has 0 aliphatic heterocycles. The summed E-state index contributed by atoms with van der Waals surface area (Å²) >= 11 is 0. The van der Waals surface area contributed by atoms with Crippen molar-refractivity contribution in [1.82, 2.24) is 9.13 Å². The van der Waals surface area contributed by atoms with Crippen molar-refractivity contribution in [1.29, 1.82) is 0 Å². The molecular formula is C91H60N2. The smallest absolute Gasteiger partial charge is 0.0713 e. The van der Waals surface area contributed by atoms with E-state index in [1.807, 2.05) is 0 Å². The van der Waals surface area contributed by atoms with Gasteiger partial charge in [-0.05, 0) is 178 Å². The summed E-state index contributed by atoms with van der Waals surface area (Å²) in [6.07, 6.45) is 0. The van der Waals surface area contributed by atoms with Gasteiger partial charge in [-0.2, -0.15) is 0 Å². The monoisotopic (exact) mass is 1180 g/mol. The van der Waals surface area contributed by atoms with Gasteiger partial charge in [-0.15, -0.1) is 0 Å². The molecular weight excluding hydrogens is 1120 g/mol. The van der Waals surface area contributed by atoms with Crippen LogP contribution in [0.25, 0.3) is 144 Å². The highest BCUT2D eigenvalue weighted by Crippen LogP contribution is 2.56. The summed E-state index contributed by atoms with van der Waals surface area (Å²) in [6, 6.07) is 134. The van der Waals surface area contributed by atoms with Gasteiger partial charge in [-0.3, -0.25) is 0 Å². The van der Waals surface area contributed by atoms with Gasteiger partial charge < -0.3 is 9.13 Å². The molecule has 15 aromatic carbocycles. The minimum Gasteiger partial charge on any atom is -0.309 e. The van der Waals surface area contributed by atoms with Gasteiger partial charge in [-0.1, -0.05) is 297 Å². The van der Waals surface area contributed by atoms with Crippen LogP contribution < -0.4 is 0 Å². The number of benzene rings is 15. The Kier molecular flexibility index (Phi) is 12.8. The normalized spacial score (nSPS) is 12.4. The lowest BCUT2D eigenvalue weighted by molar-refractivity contribution is 0.768. The fourth-order valence-corrected chi connectivity index (χ4v) is 15.3. The van der Waals surface area contributed by atoms with Gasteiger partial charge in [0.25, 0.3) is 0 Å². The molecule has 0 N–H and O–H groups in total. The molecule has 0 bridgehead atoms. The molecule has 1 aliphatic carbocycles. The van der Waals surface area contributed by atoms with Crippen molar-refractivity contribution in [3.8, 4) is 100 Å². The maximum absolute atomic E-state index is 2.42. The number of hydrogen-bond acceptors (Lipinski definition) is 0. The number of para-hydroxylation sites is 2. The van der Waals surface area contributed by atoms with Crippen LogP contribution >= 0.6 is 0 Å². The maximum Gasteiger partial charge on any atom is 0.0713 e. The first kappa shape index (κ1) is 53.9. The first-order valence-electron chi connectivity index (χ1n) is 32.2. The maximum atomic E-state index is 2.42. The molecule has 93 heavy (non-hydrogen) atoms. The Morgan fingerprint density at radius 2 is 0.473 bits per heavy atom. The quantitative estimate of drug-likeness (QED) is 0.122. The number of aromatic nitrogens is 2. The Morgan fingerprint density at radius 3 is 0.957 bits per heavy atom. The average Bonchev–Trinajstić information content (AvgIpc) is 1.55. The number of nitrogens with zero attached hydrogens (tertiary/aromatic N) is 2. The van der Waals surface area contributed by atoms with Crippen molar-refractivity contribution in [3.63, 3.8) is 0 Å². The van der Waals surface area contributed by atoms with Gasteiger partial charge in [0, 0.05) is 32.9 Å². The summed E-state index contributed by atoms with van der Waals surface area (Å²) in [5, 5.41) is 4.95. The molecule has 2 aromatic heterocycles. The van der Waals surface area contributed by atoms with E-state index in [1.165, 1.54) is 155 Å². The van der Waals surface area contributed by atoms with Crippen LogP contribution in [-0.4, -0.2) is 9.13 Å². The summed E-state index contributed by atoms with van der Waals surface area (Å²) in [7, 11) is 0. The fraction of sp³-hybridized carbons (Fsp3) is 0.0110. The summed E-state index contributed by atoms with van der Waals surface area (Å²) in [5.41, 5.74) is 31.2. The molecule has 0 fully saturated rings. The lowest BCUT2D eigenvalue weighted by Crippen LogP contribution is -2.28. The van der Waals surface area contributed by atoms with E-state index in [0.29, 0.717) is 0 Å². The van der Waals surface area contributed by atoms with Crippen molar-refractivity contribution in [2.24, 2.45) is 0 Å². The molecule has 0 spiro atoms. The van der Waals surface area contributed by atoms with E-state index in [9.17, 15) is 0 Å². The average molecular weight is 1180 g/mol. The molecule has 0 atom stereocenters. The Balaban J connectivity index is 0.596. The van der Waals surface area contributed by atoms with Crippen LogP contribution in [0.15, 0.2) is 364 Å². The van der Waals surface area contributed by atoms with Gasteiger partial charge in [0.15, 0.2) is 0 Å². The van der Waals surface area contributed by atoms with E-state index in [2.05, 4.69) is 373 Å². The van der Waals surface area contributed by atoms with Crippen molar-refractivity contribution in [2.75, 3.05) is 0 Å². The highest BCUT2D eigenvalue weighted by Gasteiger charge is 2.45. The van der Waals surface area contributed by atoms with Crippen LogP contribution in [-0.2, 0) is 5.41 Å². The second-order valence-electron chi connectivity index (χ2n) is 24.7. The summed E-state index contributed by atoms with van der Waals surface area (Å²) in [5.74, 6) is 0. The van der Waals surface area contributed by atoms with Crippen molar-refractivity contribution < 1.29 is 0 Å². The second kappa shape index (κ2) is 22.1. The Hall–Kier alpha value is -12.1. The zero-order valence-corrected chi connectivity index (χ0v) is 51.0. The summed E-state index contributed by atoms with van der Waals surface area (Å²) in [4.78, 5) is 0. The van der Waals surface area contributed by atoms with E-state index in [0.717, 1.165) is 11.4 Å². The van der Waals surface area contributed by atoms with Gasteiger partial charge in [0.05, 0.1) is 27.5 Å². The van der Waals surface area contributed by atoms with Crippen LogP contribution in [0.4, 0.5) is 0 Å². The lowest BCUT2D eigenvalue weighted by atomic mass is 9.67. The highest BCUT2D eigenvalue weighted by molar-refractivity contribution is 6.13. The third-order valence-corrected chi connectivity index (χ3v) is 19.7. The molecule has 0 amide bonds. The predicted molar refractivity (Wildman–Crippen MR) is 390 cm³/mol. The number of fused-ring (bicyclic) bond motifs is 9. The molecule has 2 heteroatoms. The molecule has 0 radical (unpaired) electrons. The third kappa shape index (κ3) is 8.94. The molecule has 18 rings (SSSR count). The lowest BCUT2D eigenvalue weighted by Gasteiger charge is -2.34. The summed E-state index contributed by atoms with van der Waals surface area (Å²) in [6.45, 7) is 0. The molecule has 0 unspecified atom stereocenters. The van der Waals surface area contributed by atoms with E-state index in [4.69, 9.17) is 0 Å². The molecule has 0 saturated carbocycles. The van der Waals surface area contributed by atoms with E-state index >= 15 is 0 Å². The van der Waals surface area contributed by atoms with Crippen LogP contribution in [0, 0.1) is 0 Å². The van der Waals surface area contributed by atoms with Gasteiger partial charge in [0.1, 0.15) is 0 Å². The topological polar surface area (TPSA) is 9.86 Å². The SMILES string of the molecule is c1ccc(-c2ccc(-n3c4ccccc4c4cc(-c5ccc6c(c5)c5ccccc5n6-c5ccc(-c6ccccc6-c6ccc(-c7ccc(-c8cccc(-c9ccc(C%10(c%11ccccc%11)c%11ccccc%11-c%11ccccc%11%10)cc9)c8)cc7)cc6)cc5)ccc43)cc2)cc1. The van der Waals surface area contributed by atoms with Crippen molar-refractivity contribution in [3.05, 3.63) is 386 Å². The van der Waals surface area contributed by atoms with E-state index in [-0.39, 0.29) is 0 Å². The first-order chi connectivity index (χ1) is 46.1. The molecule has 1 aliphatic rings. The van der Waals surface area contributed by atoms with Crippen LogP contribution in [0.2, 0.25) is 0 Å². The van der Waals surface area contributed by atoms with E-state index in [1.54, 1.807) is 0 Å². The Morgan fingerprint density at radius 1 is 0.172 bits per heavy atom. The zero-order chi connectivity index (χ0) is 61.4. The van der Waals surface area contributed by atoms with Gasteiger partial charge in [0.2, 0.25) is 0 Å². The highest BCUT2D eigenvalue weighted by atomic mass is 15.0. The summed E-state index contributed by atoms with van der Waals surface area (Å²) < 4.78 is 4.82. The first-order valence-corrected chi connectivity index (χ1v) is 32.2. The predicted octanol–water partition coefficient (Wildman–Crippen LogP) is 23.9. The molecule has 434 valence electrons. The molecule has 2 nitrogen and oxygen atoms in total. The van der Waals surface area contributed by atoms with E-state index < -0.39 is 5.41 Å². The standard InChI is InChI=1S/C91H60N2/c1-3-18-61(19-4-1)64-44-52-75(53-45-64)92-87-32-15-11-28-81(87)83-59-71(48-56-89(83)92)72-49-57-90-84(60-72)82-29-12-16-33-88(82)93(90)76-54-46-68(47-55-76)78-25-8-7-24-77(78)67-40-38-63(39-41-67)62-34-36-65(37-35-62)69-20-17-21-70(58-69)66-42-50-74(51-43-66)91(73-22-5-2-6-23-73)85-30-13-9-26-79(85)80-27-10-14-31-86(80)91/h1-60H. The van der Waals surface area contributed by atoms with Crippen LogP contribution in [0.5, 0.6) is 0 Å². The van der Waals surface area contributed by atoms with Crippen molar-refractivity contribution >= 4 is 43.6 Å².